The van der Waals surface area contributed by atoms with E-state index in [1.54, 1.807) is 14.2 Å². The van der Waals surface area contributed by atoms with Gasteiger partial charge in [0.1, 0.15) is 11.9 Å². The van der Waals surface area contributed by atoms with Gasteiger partial charge in [-0.3, -0.25) is 0 Å². The van der Waals surface area contributed by atoms with E-state index >= 15 is 0 Å². The van der Waals surface area contributed by atoms with Crippen molar-refractivity contribution < 1.29 is 18.9 Å². The average molecular weight is 380 g/mol. The first-order valence-electron chi connectivity index (χ1n) is 8.49. The number of methoxy groups -OCH3 is 2. The van der Waals surface area contributed by atoms with E-state index in [1.165, 1.54) is 5.56 Å². The van der Waals surface area contributed by atoms with Crippen molar-refractivity contribution in [1.82, 2.24) is 5.32 Å². The van der Waals surface area contributed by atoms with Crippen LogP contribution in [0.1, 0.15) is 17.2 Å². The number of hydrogen-bond acceptors (Lipinski definition) is 5. The van der Waals surface area contributed by atoms with Crippen molar-refractivity contribution in [3.05, 3.63) is 53.6 Å². The number of rotatable bonds is 6. The lowest BCUT2D eigenvalue weighted by Crippen LogP contribution is -2.43. The van der Waals surface area contributed by atoms with Crippen LogP contribution in [0.25, 0.3) is 0 Å². The SMILES string of the molecule is COc1ccc(O[C@@H](c2cccc(C)c2)[C@@H]2CNCCO2)c(OC)c1.Cl. The molecule has 1 fully saturated rings. The van der Waals surface area contributed by atoms with Crippen LogP contribution < -0.4 is 19.5 Å². The molecule has 0 bridgehead atoms. The Labute approximate surface area is 161 Å². The van der Waals surface area contributed by atoms with Crippen molar-refractivity contribution in [2.24, 2.45) is 0 Å². The molecule has 5 nitrogen and oxygen atoms in total. The summed E-state index contributed by atoms with van der Waals surface area (Å²) in [5, 5.41) is 3.38. The van der Waals surface area contributed by atoms with Gasteiger partial charge < -0.3 is 24.3 Å². The maximum absolute atomic E-state index is 6.37. The van der Waals surface area contributed by atoms with Crippen LogP contribution in [0, 0.1) is 6.92 Å². The van der Waals surface area contributed by atoms with Crippen LogP contribution in [0.3, 0.4) is 0 Å². The van der Waals surface area contributed by atoms with Crippen molar-refractivity contribution in [1.29, 1.82) is 0 Å². The lowest BCUT2D eigenvalue weighted by Gasteiger charge is -2.32. The number of hydrogen-bond donors (Lipinski definition) is 1. The quantitative estimate of drug-likeness (QED) is 0.831. The number of nitrogens with one attached hydrogen (secondary N) is 1. The fraction of sp³-hybridized carbons (Fsp3) is 0.400. The molecule has 1 aliphatic rings. The van der Waals surface area contributed by atoms with Gasteiger partial charge in [-0.2, -0.15) is 0 Å². The summed E-state index contributed by atoms with van der Waals surface area (Å²) in [6, 6.07) is 13.9. The van der Waals surface area contributed by atoms with Crippen LogP contribution in [0.5, 0.6) is 17.2 Å². The Morgan fingerprint density at radius 2 is 1.92 bits per heavy atom. The Hall–Kier alpha value is -1.95. The summed E-state index contributed by atoms with van der Waals surface area (Å²) in [5.74, 6) is 2.04. The highest BCUT2D eigenvalue weighted by molar-refractivity contribution is 5.85. The molecule has 0 amide bonds. The molecule has 0 spiro atoms. The largest absolute Gasteiger partial charge is 0.497 e. The molecule has 0 saturated carbocycles. The number of halogens is 1. The van der Waals surface area contributed by atoms with Gasteiger partial charge in [0.15, 0.2) is 17.6 Å². The van der Waals surface area contributed by atoms with E-state index in [0.29, 0.717) is 18.1 Å². The summed E-state index contributed by atoms with van der Waals surface area (Å²) in [5.41, 5.74) is 2.28. The Balaban J connectivity index is 0.00000243. The molecule has 0 radical (unpaired) electrons. The Morgan fingerprint density at radius 1 is 1.08 bits per heavy atom. The topological polar surface area (TPSA) is 49.0 Å². The van der Waals surface area contributed by atoms with E-state index in [1.807, 2.05) is 24.3 Å². The van der Waals surface area contributed by atoms with Crippen molar-refractivity contribution in [3.8, 4) is 17.2 Å². The zero-order chi connectivity index (χ0) is 17.6. The Kier molecular flexibility index (Phi) is 7.57. The monoisotopic (exact) mass is 379 g/mol. The number of ether oxygens (including phenoxy) is 4. The zero-order valence-electron chi connectivity index (χ0n) is 15.4. The smallest absolute Gasteiger partial charge is 0.164 e. The summed E-state index contributed by atoms with van der Waals surface area (Å²) in [6.45, 7) is 4.37. The molecule has 1 saturated heterocycles. The molecule has 1 aliphatic heterocycles. The molecule has 2 aromatic rings. The molecule has 0 aromatic heterocycles. The molecule has 2 atom stereocenters. The third-order valence-corrected chi connectivity index (χ3v) is 4.29. The molecule has 26 heavy (non-hydrogen) atoms. The van der Waals surface area contributed by atoms with Crippen LogP contribution in [0.15, 0.2) is 42.5 Å². The molecule has 1 N–H and O–H groups in total. The summed E-state index contributed by atoms with van der Waals surface area (Å²) in [4.78, 5) is 0. The van der Waals surface area contributed by atoms with Gasteiger partial charge in [0, 0.05) is 19.2 Å². The number of morpholine rings is 1. The highest BCUT2D eigenvalue weighted by Gasteiger charge is 2.29. The van der Waals surface area contributed by atoms with E-state index in [0.717, 1.165) is 24.4 Å². The molecule has 142 valence electrons. The fourth-order valence-corrected chi connectivity index (χ4v) is 2.99. The average Bonchev–Trinajstić information content (AvgIpc) is 2.66. The molecule has 2 aromatic carbocycles. The second-order valence-electron chi connectivity index (χ2n) is 6.08. The van der Waals surface area contributed by atoms with Gasteiger partial charge in [-0.1, -0.05) is 29.8 Å². The highest BCUT2D eigenvalue weighted by Crippen LogP contribution is 2.36. The van der Waals surface area contributed by atoms with Gasteiger partial charge in [0.05, 0.1) is 20.8 Å². The standard InChI is InChI=1S/C20H25NO4.ClH/c1-14-5-4-6-15(11-14)20(19-13-21-9-10-24-19)25-17-8-7-16(22-2)12-18(17)23-3;/h4-8,11-12,19-21H,9-10,13H2,1-3H3;1H/t19-,20-;/m0./s1. The minimum absolute atomic E-state index is 0. The zero-order valence-corrected chi connectivity index (χ0v) is 16.2. The van der Waals surface area contributed by atoms with Gasteiger partial charge in [-0.25, -0.2) is 0 Å². The molecule has 0 unspecified atom stereocenters. The van der Waals surface area contributed by atoms with Crippen molar-refractivity contribution in [3.63, 3.8) is 0 Å². The molecule has 6 heteroatoms. The second-order valence-corrected chi connectivity index (χ2v) is 6.08. The van der Waals surface area contributed by atoms with Crippen LogP contribution in [-0.4, -0.2) is 40.0 Å². The molecule has 1 heterocycles. The molecule has 0 aliphatic carbocycles. The molecular weight excluding hydrogens is 354 g/mol. The fourth-order valence-electron chi connectivity index (χ4n) is 2.99. The minimum atomic E-state index is -0.227. The van der Waals surface area contributed by atoms with Gasteiger partial charge in [0.25, 0.3) is 0 Å². The van der Waals surface area contributed by atoms with E-state index in [2.05, 4.69) is 30.4 Å². The summed E-state index contributed by atoms with van der Waals surface area (Å²) < 4.78 is 23.1. The lowest BCUT2D eigenvalue weighted by molar-refractivity contribution is -0.0438. The highest BCUT2D eigenvalue weighted by atomic mass is 35.5. The van der Waals surface area contributed by atoms with Crippen LogP contribution >= 0.6 is 12.4 Å². The van der Waals surface area contributed by atoms with Crippen LogP contribution in [-0.2, 0) is 4.74 Å². The second kappa shape index (κ2) is 9.67. The van der Waals surface area contributed by atoms with Crippen LogP contribution in [0.4, 0.5) is 0 Å². The predicted molar refractivity (Wildman–Crippen MR) is 104 cm³/mol. The van der Waals surface area contributed by atoms with Crippen molar-refractivity contribution in [2.45, 2.75) is 19.1 Å². The first kappa shape index (κ1) is 20.4. The maximum atomic E-state index is 6.37. The van der Waals surface area contributed by atoms with E-state index in [4.69, 9.17) is 18.9 Å². The number of benzene rings is 2. The third kappa shape index (κ3) is 4.81. The van der Waals surface area contributed by atoms with Gasteiger partial charge >= 0.3 is 0 Å². The first-order valence-corrected chi connectivity index (χ1v) is 8.49. The number of aryl methyl sites for hydroxylation is 1. The van der Waals surface area contributed by atoms with Gasteiger partial charge in [-0.05, 0) is 24.6 Å². The molecular formula is C20H26ClNO4. The van der Waals surface area contributed by atoms with Crippen LogP contribution in [0.2, 0.25) is 0 Å². The lowest BCUT2D eigenvalue weighted by atomic mass is 10.0. The van der Waals surface area contributed by atoms with E-state index in [-0.39, 0.29) is 24.6 Å². The van der Waals surface area contributed by atoms with Crippen molar-refractivity contribution in [2.75, 3.05) is 33.9 Å². The summed E-state index contributed by atoms with van der Waals surface area (Å²) in [7, 11) is 3.26. The van der Waals surface area contributed by atoms with Gasteiger partial charge in [0.2, 0.25) is 0 Å². The molecule has 3 rings (SSSR count). The van der Waals surface area contributed by atoms with E-state index < -0.39 is 0 Å². The summed E-state index contributed by atoms with van der Waals surface area (Å²) >= 11 is 0. The van der Waals surface area contributed by atoms with Gasteiger partial charge in [-0.15, -0.1) is 12.4 Å². The first-order chi connectivity index (χ1) is 12.2. The predicted octanol–water partition coefficient (Wildman–Crippen LogP) is 3.54. The normalized spacial score (nSPS) is 17.7. The maximum Gasteiger partial charge on any atom is 0.164 e. The third-order valence-electron chi connectivity index (χ3n) is 4.29. The Bertz CT molecular complexity index is 704. The summed E-state index contributed by atoms with van der Waals surface area (Å²) in [6.07, 6.45) is -0.294. The van der Waals surface area contributed by atoms with E-state index in [9.17, 15) is 0 Å². The minimum Gasteiger partial charge on any atom is -0.497 e. The Morgan fingerprint density at radius 3 is 2.58 bits per heavy atom. The van der Waals surface area contributed by atoms with Crippen molar-refractivity contribution >= 4 is 12.4 Å².